The Labute approximate surface area is 138 Å². The summed E-state index contributed by atoms with van der Waals surface area (Å²) in [5, 5.41) is 0. The maximum atomic E-state index is 11.2. The van der Waals surface area contributed by atoms with E-state index in [4.69, 9.17) is 13.7 Å². The van der Waals surface area contributed by atoms with Crippen LogP contribution in [0.2, 0.25) is 0 Å². The van der Waals surface area contributed by atoms with E-state index in [2.05, 4.69) is 12.1 Å². The van der Waals surface area contributed by atoms with Gasteiger partial charge in [0.1, 0.15) is 11.4 Å². The normalized spacial score (nSPS) is 28.8. The van der Waals surface area contributed by atoms with Crippen LogP contribution in [0.1, 0.15) is 43.2 Å². The Morgan fingerprint density at radius 1 is 1.35 bits per heavy atom. The third-order valence-electron chi connectivity index (χ3n) is 5.06. The van der Waals surface area contributed by atoms with Gasteiger partial charge in [-0.25, -0.2) is 0 Å². The second kappa shape index (κ2) is 6.07. The average Bonchev–Trinajstić information content (AvgIpc) is 3.19. The van der Waals surface area contributed by atoms with Gasteiger partial charge in [-0.2, -0.15) is 8.42 Å². The lowest BCUT2D eigenvalue weighted by Crippen LogP contribution is -2.25. The van der Waals surface area contributed by atoms with Gasteiger partial charge in [-0.05, 0) is 54.9 Å². The van der Waals surface area contributed by atoms with Gasteiger partial charge >= 0.3 is 0 Å². The fourth-order valence-electron chi connectivity index (χ4n) is 3.46. The molecule has 2 aliphatic rings. The van der Waals surface area contributed by atoms with Gasteiger partial charge in [-0.3, -0.25) is 4.18 Å². The summed E-state index contributed by atoms with van der Waals surface area (Å²) in [6, 6.07) is 6.26. The number of fused-ring (bicyclic) bond motifs is 1. The summed E-state index contributed by atoms with van der Waals surface area (Å²) in [5.74, 6) is 1.49. The average molecular weight is 340 g/mol. The molecule has 1 unspecified atom stereocenters. The summed E-state index contributed by atoms with van der Waals surface area (Å²) >= 11 is 0. The molecule has 0 N–H and O–H groups in total. The van der Waals surface area contributed by atoms with Crippen molar-refractivity contribution in [2.45, 2.75) is 50.2 Å². The first-order valence-electron chi connectivity index (χ1n) is 8.06. The first-order chi connectivity index (χ1) is 10.9. The first-order valence-corrected chi connectivity index (χ1v) is 9.87. The molecule has 0 saturated carbocycles. The number of hydrogen-bond acceptors (Lipinski definition) is 5. The Morgan fingerprint density at radius 2 is 2.13 bits per heavy atom. The van der Waals surface area contributed by atoms with E-state index in [1.54, 1.807) is 7.11 Å². The Hall–Kier alpha value is -1.11. The van der Waals surface area contributed by atoms with Crippen molar-refractivity contribution in [3.63, 3.8) is 0 Å². The number of methoxy groups -OCH3 is 1. The Kier molecular flexibility index (Phi) is 4.42. The molecule has 1 fully saturated rings. The zero-order valence-electron chi connectivity index (χ0n) is 13.9. The third kappa shape index (κ3) is 3.54. The van der Waals surface area contributed by atoms with Crippen LogP contribution in [0.25, 0.3) is 0 Å². The van der Waals surface area contributed by atoms with Gasteiger partial charge in [-0.1, -0.05) is 13.0 Å². The highest BCUT2D eigenvalue weighted by Crippen LogP contribution is 2.46. The maximum Gasteiger partial charge on any atom is 0.264 e. The van der Waals surface area contributed by atoms with E-state index in [0.717, 1.165) is 37.7 Å². The van der Waals surface area contributed by atoms with Crippen LogP contribution < -0.4 is 4.74 Å². The zero-order valence-corrected chi connectivity index (χ0v) is 14.7. The van der Waals surface area contributed by atoms with Crippen molar-refractivity contribution in [1.29, 1.82) is 0 Å². The van der Waals surface area contributed by atoms with Crippen molar-refractivity contribution in [2.24, 2.45) is 0 Å². The molecule has 5 nitrogen and oxygen atoms in total. The van der Waals surface area contributed by atoms with Crippen molar-refractivity contribution >= 4 is 10.1 Å². The summed E-state index contributed by atoms with van der Waals surface area (Å²) < 4.78 is 38.3. The smallest absolute Gasteiger partial charge is 0.264 e. The topological polar surface area (TPSA) is 65.1 Å². The molecular formula is C17H24O5S. The summed E-state index contributed by atoms with van der Waals surface area (Å²) in [5.41, 5.74) is 2.37. The molecule has 0 radical (unpaired) electrons. The molecule has 23 heavy (non-hydrogen) atoms. The van der Waals surface area contributed by atoms with Gasteiger partial charge < -0.3 is 9.47 Å². The van der Waals surface area contributed by atoms with Gasteiger partial charge in [0.15, 0.2) is 0 Å². The molecular weight excluding hydrogens is 316 g/mol. The highest BCUT2D eigenvalue weighted by molar-refractivity contribution is 7.85. The lowest BCUT2D eigenvalue weighted by Gasteiger charge is -2.30. The van der Waals surface area contributed by atoms with Crippen LogP contribution in [-0.2, 0) is 25.5 Å². The highest BCUT2D eigenvalue weighted by Gasteiger charge is 2.55. The van der Waals surface area contributed by atoms with Crippen molar-refractivity contribution < 1.29 is 22.1 Å². The second-order valence-corrected chi connectivity index (χ2v) is 8.18. The van der Waals surface area contributed by atoms with Gasteiger partial charge in [0, 0.05) is 0 Å². The standard InChI is InChI=1S/C17H24O5S/c1-4-17(11-21-23(3,18)19)16(22-17)8-5-12-9-13-10-14(20-2)6-7-15(12)13/h6-7,10,12,16H,4-5,8-9,11H2,1-3H3/t12?,16-,17-/m1/s1. The molecule has 1 aliphatic carbocycles. The van der Waals surface area contributed by atoms with Crippen LogP contribution in [0.3, 0.4) is 0 Å². The molecule has 1 heterocycles. The second-order valence-electron chi connectivity index (χ2n) is 6.53. The third-order valence-corrected chi connectivity index (χ3v) is 5.60. The predicted octanol–water partition coefficient (Wildman–Crippen LogP) is 2.64. The lowest BCUT2D eigenvalue weighted by atomic mass is 9.74. The molecule has 1 aliphatic heterocycles. The van der Waals surface area contributed by atoms with Crippen molar-refractivity contribution in [3.05, 3.63) is 29.3 Å². The van der Waals surface area contributed by atoms with E-state index < -0.39 is 15.7 Å². The summed E-state index contributed by atoms with van der Waals surface area (Å²) in [6.45, 7) is 2.14. The van der Waals surface area contributed by atoms with Crippen LogP contribution >= 0.6 is 0 Å². The molecule has 0 spiro atoms. The molecule has 3 atom stereocenters. The minimum atomic E-state index is -3.41. The van der Waals surface area contributed by atoms with Crippen LogP contribution in [0.4, 0.5) is 0 Å². The van der Waals surface area contributed by atoms with Gasteiger partial charge in [0.25, 0.3) is 10.1 Å². The number of epoxide rings is 1. The summed E-state index contributed by atoms with van der Waals surface area (Å²) in [6.07, 6.45) is 5.04. The maximum absolute atomic E-state index is 11.2. The number of rotatable bonds is 8. The molecule has 1 saturated heterocycles. The van der Waals surface area contributed by atoms with Gasteiger partial charge in [0.05, 0.1) is 26.1 Å². The zero-order chi connectivity index (χ0) is 16.7. The summed E-state index contributed by atoms with van der Waals surface area (Å²) in [7, 11) is -1.73. The largest absolute Gasteiger partial charge is 0.497 e. The fraction of sp³-hybridized carbons (Fsp3) is 0.647. The van der Waals surface area contributed by atoms with Crippen LogP contribution in [0.15, 0.2) is 18.2 Å². The first kappa shape index (κ1) is 16.7. The van der Waals surface area contributed by atoms with E-state index in [1.807, 2.05) is 13.0 Å². The van der Waals surface area contributed by atoms with Gasteiger partial charge in [0.2, 0.25) is 0 Å². The van der Waals surface area contributed by atoms with E-state index in [1.165, 1.54) is 11.1 Å². The molecule has 3 rings (SSSR count). The SMILES string of the molecule is CC[C@]1(COS(C)(=O)=O)O[C@@H]1CCC1Cc2cc(OC)ccc21. The number of ether oxygens (including phenoxy) is 2. The molecule has 0 bridgehead atoms. The Balaban J connectivity index is 1.50. The van der Waals surface area contributed by atoms with E-state index in [-0.39, 0.29) is 12.7 Å². The molecule has 6 heteroatoms. The van der Waals surface area contributed by atoms with Crippen molar-refractivity contribution in [3.8, 4) is 5.75 Å². The lowest BCUT2D eigenvalue weighted by molar-refractivity contribution is 0.189. The van der Waals surface area contributed by atoms with Crippen molar-refractivity contribution in [2.75, 3.05) is 20.0 Å². The summed E-state index contributed by atoms with van der Waals surface area (Å²) in [4.78, 5) is 0. The van der Waals surface area contributed by atoms with Crippen molar-refractivity contribution in [1.82, 2.24) is 0 Å². The predicted molar refractivity (Wildman–Crippen MR) is 87.4 cm³/mol. The van der Waals surface area contributed by atoms with Crippen LogP contribution in [0.5, 0.6) is 5.75 Å². The van der Waals surface area contributed by atoms with Crippen LogP contribution in [-0.4, -0.2) is 40.1 Å². The van der Waals surface area contributed by atoms with E-state index in [0.29, 0.717) is 5.92 Å². The Bertz CT molecular complexity index is 684. The van der Waals surface area contributed by atoms with E-state index in [9.17, 15) is 8.42 Å². The molecule has 0 amide bonds. The van der Waals surface area contributed by atoms with E-state index >= 15 is 0 Å². The molecule has 128 valence electrons. The van der Waals surface area contributed by atoms with Crippen LogP contribution in [0, 0.1) is 0 Å². The quantitative estimate of drug-likeness (QED) is 0.538. The molecule has 1 aromatic carbocycles. The molecule has 1 aromatic rings. The Morgan fingerprint density at radius 3 is 2.74 bits per heavy atom. The molecule has 0 aromatic heterocycles. The monoisotopic (exact) mass is 340 g/mol. The van der Waals surface area contributed by atoms with Gasteiger partial charge in [-0.15, -0.1) is 0 Å². The minimum absolute atomic E-state index is 0.108. The number of benzene rings is 1. The highest BCUT2D eigenvalue weighted by atomic mass is 32.2. The number of hydrogen-bond donors (Lipinski definition) is 0. The fourth-order valence-corrected chi connectivity index (χ4v) is 3.87. The minimum Gasteiger partial charge on any atom is -0.497 e.